The van der Waals surface area contributed by atoms with Crippen LogP contribution < -0.4 is 16.8 Å². The summed E-state index contributed by atoms with van der Waals surface area (Å²) in [6.45, 7) is -0.442. The van der Waals surface area contributed by atoms with E-state index < -0.39 is 17.4 Å². The van der Waals surface area contributed by atoms with Gasteiger partial charge in [-0.15, -0.1) is 0 Å². The number of oxime groups is 1. The van der Waals surface area contributed by atoms with Crippen molar-refractivity contribution in [3.8, 4) is 0 Å². The Morgan fingerprint density at radius 3 is 2.65 bits per heavy atom. The summed E-state index contributed by atoms with van der Waals surface area (Å²) in [6, 6.07) is 5.28. The van der Waals surface area contributed by atoms with E-state index in [0.717, 1.165) is 0 Å². The highest BCUT2D eigenvalue weighted by atomic mass is 16.6. The van der Waals surface area contributed by atoms with E-state index in [-0.39, 0.29) is 23.0 Å². The number of benzene rings is 1. The zero-order chi connectivity index (χ0) is 16.8. The fourth-order valence-corrected chi connectivity index (χ4v) is 1.44. The number of nitrogens with one attached hydrogen (secondary N) is 1. The zero-order valence-electron chi connectivity index (χ0n) is 11.5. The molecule has 1 aromatic heterocycles. The highest BCUT2D eigenvalue weighted by Crippen LogP contribution is 2.15. The van der Waals surface area contributed by atoms with E-state index in [1.807, 2.05) is 0 Å². The fourth-order valence-electron chi connectivity index (χ4n) is 1.44. The summed E-state index contributed by atoms with van der Waals surface area (Å²) in [6.07, 6.45) is 0. The van der Waals surface area contributed by atoms with Crippen LogP contribution in [0, 0.1) is 10.1 Å². The molecule has 0 radical (unpaired) electrons. The van der Waals surface area contributed by atoms with Gasteiger partial charge < -0.3 is 21.6 Å². The van der Waals surface area contributed by atoms with Gasteiger partial charge in [-0.3, -0.25) is 14.9 Å². The van der Waals surface area contributed by atoms with E-state index in [9.17, 15) is 14.9 Å². The van der Waals surface area contributed by atoms with Gasteiger partial charge in [0, 0.05) is 17.8 Å². The average molecular weight is 321 g/mol. The number of carbonyl (C=O) groups is 1. The van der Waals surface area contributed by atoms with Crippen LogP contribution in [0.2, 0.25) is 0 Å². The first-order valence-electron chi connectivity index (χ1n) is 6.05. The van der Waals surface area contributed by atoms with Crippen molar-refractivity contribution in [3.05, 3.63) is 40.1 Å². The van der Waals surface area contributed by atoms with Gasteiger partial charge in [0.05, 0.1) is 4.92 Å². The standard InChI is InChI=1S/C11H11N7O5/c12-10(9-11(13)17-23-15-9)16-22-5-8(19)14-6-1-3-7(4-2-6)18(20)21/h1-4H,5H2,(H2,12,16)(H2,13,17)(H,14,19). The van der Waals surface area contributed by atoms with Gasteiger partial charge in [0.15, 0.2) is 24.0 Å². The number of non-ortho nitro benzene ring substituents is 1. The van der Waals surface area contributed by atoms with Crippen LogP contribution in [0.3, 0.4) is 0 Å². The molecule has 0 fully saturated rings. The molecule has 0 saturated carbocycles. The summed E-state index contributed by atoms with van der Waals surface area (Å²) in [5.41, 5.74) is 11.2. The van der Waals surface area contributed by atoms with Crippen LogP contribution in [0.25, 0.3) is 0 Å². The molecule has 0 aliphatic heterocycles. The molecular weight excluding hydrogens is 310 g/mol. The van der Waals surface area contributed by atoms with E-state index >= 15 is 0 Å². The van der Waals surface area contributed by atoms with E-state index in [0.29, 0.717) is 5.69 Å². The molecule has 120 valence electrons. The smallest absolute Gasteiger partial charge is 0.269 e. The molecule has 5 N–H and O–H groups in total. The second-order valence-electron chi connectivity index (χ2n) is 4.10. The lowest BCUT2D eigenvalue weighted by molar-refractivity contribution is -0.384. The molecule has 1 amide bonds. The molecule has 0 atom stereocenters. The number of amides is 1. The van der Waals surface area contributed by atoms with Gasteiger partial charge in [0.25, 0.3) is 11.6 Å². The maximum atomic E-state index is 11.6. The van der Waals surface area contributed by atoms with Crippen molar-refractivity contribution in [2.75, 3.05) is 17.7 Å². The molecule has 23 heavy (non-hydrogen) atoms. The van der Waals surface area contributed by atoms with Crippen molar-refractivity contribution in [2.24, 2.45) is 10.9 Å². The minimum atomic E-state index is -0.545. The summed E-state index contributed by atoms with van der Waals surface area (Å²) >= 11 is 0. The predicted molar refractivity (Wildman–Crippen MR) is 77.1 cm³/mol. The first kappa shape index (κ1) is 15.7. The second-order valence-corrected chi connectivity index (χ2v) is 4.10. The van der Waals surface area contributed by atoms with Crippen molar-refractivity contribution in [3.63, 3.8) is 0 Å². The van der Waals surface area contributed by atoms with Gasteiger partial charge in [-0.1, -0.05) is 5.16 Å². The highest BCUT2D eigenvalue weighted by molar-refractivity contribution is 5.98. The molecule has 12 nitrogen and oxygen atoms in total. The first-order valence-corrected chi connectivity index (χ1v) is 6.05. The van der Waals surface area contributed by atoms with Crippen LogP contribution in [0.4, 0.5) is 17.2 Å². The Morgan fingerprint density at radius 2 is 2.09 bits per heavy atom. The van der Waals surface area contributed by atoms with Crippen LogP contribution in [-0.4, -0.2) is 33.6 Å². The number of nitrogens with two attached hydrogens (primary N) is 2. The van der Waals surface area contributed by atoms with Crippen molar-refractivity contribution < 1.29 is 19.2 Å². The van der Waals surface area contributed by atoms with Crippen molar-refractivity contribution in [1.29, 1.82) is 0 Å². The summed E-state index contributed by atoms with van der Waals surface area (Å²) in [5.74, 6) is -0.807. The third-order valence-corrected chi connectivity index (χ3v) is 2.48. The molecule has 0 aliphatic carbocycles. The maximum absolute atomic E-state index is 11.6. The molecule has 12 heteroatoms. The largest absolute Gasteiger partial charge is 0.384 e. The zero-order valence-corrected chi connectivity index (χ0v) is 11.5. The van der Waals surface area contributed by atoms with Crippen molar-refractivity contribution in [1.82, 2.24) is 10.3 Å². The number of nitrogens with zero attached hydrogens (tertiary/aromatic N) is 4. The van der Waals surface area contributed by atoms with Crippen LogP contribution in [0.5, 0.6) is 0 Å². The molecule has 1 aromatic carbocycles. The van der Waals surface area contributed by atoms with Crippen LogP contribution >= 0.6 is 0 Å². The number of hydrogen-bond acceptors (Lipinski definition) is 9. The summed E-state index contributed by atoms with van der Waals surface area (Å²) in [4.78, 5) is 26.3. The number of carbonyl (C=O) groups excluding carboxylic acids is 1. The number of anilines is 2. The molecule has 2 rings (SSSR count). The average Bonchev–Trinajstić information content (AvgIpc) is 2.94. The van der Waals surface area contributed by atoms with Gasteiger partial charge in [-0.05, 0) is 22.4 Å². The molecular formula is C11H11N7O5. The molecule has 0 unspecified atom stereocenters. The fraction of sp³-hybridized carbons (Fsp3) is 0.0909. The van der Waals surface area contributed by atoms with Gasteiger partial charge in [-0.25, -0.2) is 4.63 Å². The van der Waals surface area contributed by atoms with Crippen molar-refractivity contribution >= 4 is 28.9 Å². The predicted octanol–water partition coefficient (Wildman–Crippen LogP) is -0.164. The normalized spacial score (nSPS) is 11.0. The van der Waals surface area contributed by atoms with Crippen LogP contribution in [-0.2, 0) is 9.63 Å². The Morgan fingerprint density at radius 1 is 1.39 bits per heavy atom. The van der Waals surface area contributed by atoms with Gasteiger partial charge in [0.1, 0.15) is 0 Å². The Hall–Kier alpha value is -3.70. The second kappa shape index (κ2) is 6.84. The van der Waals surface area contributed by atoms with E-state index in [1.165, 1.54) is 24.3 Å². The molecule has 0 spiro atoms. The van der Waals surface area contributed by atoms with Gasteiger partial charge in [0.2, 0.25) is 0 Å². The van der Waals surface area contributed by atoms with E-state index in [4.69, 9.17) is 16.3 Å². The number of nitro benzene ring substituents is 1. The third kappa shape index (κ3) is 4.13. The maximum Gasteiger partial charge on any atom is 0.269 e. The Kier molecular flexibility index (Phi) is 4.66. The Balaban J connectivity index is 1.85. The minimum absolute atomic E-state index is 0.000720. The van der Waals surface area contributed by atoms with E-state index in [1.54, 1.807) is 0 Å². The van der Waals surface area contributed by atoms with Crippen LogP contribution in [0.1, 0.15) is 5.69 Å². The lowest BCUT2D eigenvalue weighted by Crippen LogP contribution is -2.20. The Bertz CT molecular complexity index is 739. The number of rotatable bonds is 6. The lowest BCUT2D eigenvalue weighted by atomic mass is 10.3. The number of aromatic nitrogens is 2. The van der Waals surface area contributed by atoms with Gasteiger partial charge in [-0.2, -0.15) is 0 Å². The number of hydrogen-bond donors (Lipinski definition) is 3. The summed E-state index contributed by atoms with van der Waals surface area (Å²) in [5, 5.41) is 23.1. The topological polar surface area (TPSA) is 185 Å². The molecule has 2 aromatic rings. The third-order valence-electron chi connectivity index (χ3n) is 2.48. The molecule has 0 bridgehead atoms. The monoisotopic (exact) mass is 321 g/mol. The Labute approximate surface area is 128 Å². The van der Waals surface area contributed by atoms with Gasteiger partial charge >= 0.3 is 0 Å². The number of amidine groups is 1. The SMILES string of the molecule is N/C(=N/OCC(=O)Nc1ccc([N+](=O)[O-])cc1)c1nonc1N. The van der Waals surface area contributed by atoms with Crippen molar-refractivity contribution in [2.45, 2.75) is 0 Å². The molecule has 0 saturated heterocycles. The summed E-state index contributed by atoms with van der Waals surface area (Å²) < 4.78 is 4.33. The number of nitrogen functional groups attached to an aromatic ring is 1. The van der Waals surface area contributed by atoms with E-state index in [2.05, 4.69) is 25.4 Å². The van der Waals surface area contributed by atoms with Crippen LogP contribution in [0.15, 0.2) is 34.1 Å². The summed E-state index contributed by atoms with van der Waals surface area (Å²) in [7, 11) is 0. The molecule has 1 heterocycles. The minimum Gasteiger partial charge on any atom is -0.384 e. The highest BCUT2D eigenvalue weighted by Gasteiger charge is 2.12. The molecule has 0 aliphatic rings. The lowest BCUT2D eigenvalue weighted by Gasteiger charge is -2.04. The first-order chi connectivity index (χ1) is 11.0. The quantitative estimate of drug-likeness (QED) is 0.281. The number of nitro groups is 1.